The van der Waals surface area contributed by atoms with Gasteiger partial charge in [0, 0.05) is 43.7 Å². The summed E-state index contributed by atoms with van der Waals surface area (Å²) in [5, 5.41) is 4.56. The van der Waals surface area contributed by atoms with Crippen LogP contribution in [0.25, 0.3) is 0 Å². The Kier molecular flexibility index (Phi) is 5.96. The molecule has 0 aliphatic carbocycles. The lowest BCUT2D eigenvalue weighted by Gasteiger charge is -2.34. The van der Waals surface area contributed by atoms with Crippen LogP contribution in [-0.4, -0.2) is 62.0 Å². The Bertz CT molecular complexity index is 950. The lowest BCUT2D eigenvalue weighted by molar-refractivity contribution is 0.382. The third-order valence-corrected chi connectivity index (χ3v) is 9.20. The SMILES string of the molecule is COc1cccc(Cc2csc(N3CCN(S(=O)(=O)C4C=CSC4)CC3)n2)c1. The van der Waals surface area contributed by atoms with E-state index in [-0.39, 0.29) is 5.25 Å². The summed E-state index contributed by atoms with van der Waals surface area (Å²) in [5.41, 5.74) is 2.19. The highest BCUT2D eigenvalue weighted by molar-refractivity contribution is 8.03. The summed E-state index contributed by atoms with van der Waals surface area (Å²) in [5.74, 6) is 1.48. The smallest absolute Gasteiger partial charge is 0.221 e. The maximum atomic E-state index is 12.7. The molecule has 0 N–H and O–H groups in total. The van der Waals surface area contributed by atoms with Crippen molar-refractivity contribution in [1.82, 2.24) is 9.29 Å². The molecule has 28 heavy (non-hydrogen) atoms. The Morgan fingerprint density at radius 2 is 2.07 bits per heavy atom. The van der Waals surface area contributed by atoms with Crippen molar-refractivity contribution in [2.45, 2.75) is 11.7 Å². The molecule has 2 aliphatic rings. The first-order chi connectivity index (χ1) is 13.6. The molecule has 0 saturated carbocycles. The molecule has 0 spiro atoms. The molecule has 0 bridgehead atoms. The van der Waals surface area contributed by atoms with Gasteiger partial charge in [-0.1, -0.05) is 18.2 Å². The minimum absolute atomic E-state index is 0.377. The first-order valence-electron chi connectivity index (χ1n) is 9.16. The Morgan fingerprint density at radius 3 is 2.79 bits per heavy atom. The normalized spacial score (nSPS) is 20.6. The zero-order chi connectivity index (χ0) is 19.6. The molecule has 150 valence electrons. The molecule has 1 saturated heterocycles. The fraction of sp³-hybridized carbons (Fsp3) is 0.421. The van der Waals surface area contributed by atoms with Gasteiger partial charge in [-0.05, 0) is 23.1 Å². The molecular formula is C19H23N3O3S3. The summed E-state index contributed by atoms with van der Waals surface area (Å²) in [7, 11) is -1.57. The molecule has 2 aliphatic heterocycles. The Morgan fingerprint density at radius 1 is 1.25 bits per heavy atom. The number of rotatable bonds is 6. The minimum Gasteiger partial charge on any atom is -0.497 e. The summed E-state index contributed by atoms with van der Waals surface area (Å²) in [6.07, 6.45) is 2.56. The van der Waals surface area contributed by atoms with Gasteiger partial charge in [-0.3, -0.25) is 0 Å². The number of hydrogen-bond donors (Lipinski definition) is 0. The number of methoxy groups -OCH3 is 1. The van der Waals surface area contributed by atoms with E-state index in [1.54, 1.807) is 40.6 Å². The van der Waals surface area contributed by atoms with Crippen molar-refractivity contribution >= 4 is 38.3 Å². The Hall–Kier alpha value is -1.55. The zero-order valence-electron chi connectivity index (χ0n) is 15.7. The molecule has 1 unspecified atom stereocenters. The van der Waals surface area contributed by atoms with Crippen molar-refractivity contribution in [2.75, 3.05) is 43.9 Å². The van der Waals surface area contributed by atoms with Crippen LogP contribution in [0, 0.1) is 0 Å². The lowest BCUT2D eigenvalue weighted by Crippen LogP contribution is -2.51. The van der Waals surface area contributed by atoms with Gasteiger partial charge >= 0.3 is 0 Å². The number of nitrogens with zero attached hydrogens (tertiary/aromatic N) is 3. The third kappa shape index (κ3) is 4.22. The van der Waals surface area contributed by atoms with E-state index in [1.165, 1.54) is 0 Å². The quantitative estimate of drug-likeness (QED) is 0.693. The van der Waals surface area contributed by atoms with Crippen molar-refractivity contribution in [3.63, 3.8) is 0 Å². The Labute approximate surface area is 174 Å². The van der Waals surface area contributed by atoms with Crippen molar-refractivity contribution in [3.05, 3.63) is 52.4 Å². The molecule has 1 fully saturated rings. The monoisotopic (exact) mass is 437 g/mol. The second kappa shape index (κ2) is 8.44. The number of benzene rings is 1. The molecular weight excluding hydrogens is 414 g/mol. The third-order valence-electron chi connectivity index (χ3n) is 4.96. The van der Waals surface area contributed by atoms with Crippen molar-refractivity contribution in [1.29, 1.82) is 0 Å². The van der Waals surface area contributed by atoms with Gasteiger partial charge in [0.15, 0.2) is 5.13 Å². The van der Waals surface area contributed by atoms with Gasteiger partial charge in [0.25, 0.3) is 0 Å². The van der Waals surface area contributed by atoms with Gasteiger partial charge < -0.3 is 9.64 Å². The standard InChI is InChI=1S/C19H23N3O3S3/c1-25-17-4-2-3-15(12-17)11-16-13-27-19(20-16)21-6-8-22(9-7-21)28(23,24)18-5-10-26-14-18/h2-5,10,12-13,18H,6-9,11,14H2,1H3. The van der Waals surface area contributed by atoms with E-state index < -0.39 is 10.0 Å². The first kappa shape index (κ1) is 19.8. The molecule has 4 rings (SSSR count). The van der Waals surface area contributed by atoms with Crippen LogP contribution in [0.4, 0.5) is 5.13 Å². The number of anilines is 1. The van der Waals surface area contributed by atoms with Crippen LogP contribution in [-0.2, 0) is 16.4 Å². The maximum absolute atomic E-state index is 12.7. The number of aromatic nitrogens is 1. The van der Waals surface area contributed by atoms with E-state index >= 15 is 0 Å². The summed E-state index contributed by atoms with van der Waals surface area (Å²) >= 11 is 3.18. The fourth-order valence-electron chi connectivity index (χ4n) is 3.37. The molecule has 0 radical (unpaired) electrons. The summed E-state index contributed by atoms with van der Waals surface area (Å²) in [6, 6.07) is 8.02. The number of hydrogen-bond acceptors (Lipinski definition) is 7. The van der Waals surface area contributed by atoms with Crippen LogP contribution >= 0.6 is 23.1 Å². The van der Waals surface area contributed by atoms with E-state index in [1.807, 2.05) is 23.6 Å². The molecule has 3 heterocycles. The maximum Gasteiger partial charge on any atom is 0.221 e. The molecule has 1 aromatic heterocycles. The van der Waals surface area contributed by atoms with Gasteiger partial charge in [0.05, 0.1) is 12.8 Å². The van der Waals surface area contributed by atoms with Crippen LogP contribution in [0.15, 0.2) is 41.1 Å². The van der Waals surface area contributed by atoms with Crippen LogP contribution < -0.4 is 9.64 Å². The number of sulfonamides is 1. The highest BCUT2D eigenvalue weighted by atomic mass is 32.2. The number of ether oxygens (including phenoxy) is 1. The predicted octanol–water partition coefficient (Wildman–Crippen LogP) is 2.82. The van der Waals surface area contributed by atoms with E-state index in [0.29, 0.717) is 31.9 Å². The molecule has 1 atom stereocenters. The van der Waals surface area contributed by atoms with Gasteiger partial charge in [-0.25, -0.2) is 13.4 Å². The minimum atomic E-state index is -3.24. The van der Waals surface area contributed by atoms with Gasteiger partial charge in [-0.2, -0.15) is 4.31 Å². The predicted molar refractivity (Wildman–Crippen MR) is 116 cm³/mol. The largest absolute Gasteiger partial charge is 0.497 e. The number of piperazine rings is 1. The summed E-state index contributed by atoms with van der Waals surface area (Å²) in [4.78, 5) is 6.96. The van der Waals surface area contributed by atoms with Crippen LogP contribution in [0.3, 0.4) is 0 Å². The summed E-state index contributed by atoms with van der Waals surface area (Å²) < 4.78 is 32.3. The Balaban J connectivity index is 1.37. The molecule has 9 heteroatoms. The van der Waals surface area contributed by atoms with Gasteiger partial charge in [-0.15, -0.1) is 23.1 Å². The fourth-order valence-corrected chi connectivity index (χ4v) is 7.32. The van der Waals surface area contributed by atoms with Crippen molar-refractivity contribution in [3.8, 4) is 5.75 Å². The zero-order valence-corrected chi connectivity index (χ0v) is 18.1. The average molecular weight is 438 g/mol. The van der Waals surface area contributed by atoms with Crippen LogP contribution in [0.1, 0.15) is 11.3 Å². The van der Waals surface area contributed by atoms with Crippen LogP contribution in [0.2, 0.25) is 0 Å². The van der Waals surface area contributed by atoms with Crippen molar-refractivity contribution < 1.29 is 13.2 Å². The van der Waals surface area contributed by atoms with Gasteiger partial charge in [0.1, 0.15) is 11.0 Å². The van der Waals surface area contributed by atoms with E-state index in [2.05, 4.69) is 16.3 Å². The molecule has 1 aromatic carbocycles. The van der Waals surface area contributed by atoms with Crippen LogP contribution in [0.5, 0.6) is 5.75 Å². The topological polar surface area (TPSA) is 62.7 Å². The van der Waals surface area contributed by atoms with E-state index in [4.69, 9.17) is 9.72 Å². The van der Waals surface area contributed by atoms with E-state index in [0.717, 1.165) is 28.6 Å². The summed E-state index contributed by atoms with van der Waals surface area (Å²) in [6.45, 7) is 2.38. The highest BCUT2D eigenvalue weighted by Crippen LogP contribution is 2.27. The second-order valence-corrected chi connectivity index (χ2v) is 10.7. The molecule has 6 nitrogen and oxygen atoms in total. The van der Waals surface area contributed by atoms with Gasteiger partial charge in [0.2, 0.25) is 10.0 Å². The highest BCUT2D eigenvalue weighted by Gasteiger charge is 2.34. The molecule has 0 amide bonds. The average Bonchev–Trinajstić information content (AvgIpc) is 3.41. The number of thiazole rings is 1. The second-order valence-electron chi connectivity index (χ2n) is 6.78. The number of thioether (sulfide) groups is 1. The lowest BCUT2D eigenvalue weighted by atomic mass is 10.1. The first-order valence-corrected chi connectivity index (χ1v) is 12.6. The van der Waals surface area contributed by atoms with Crippen molar-refractivity contribution in [2.24, 2.45) is 0 Å². The molecule has 2 aromatic rings. The van der Waals surface area contributed by atoms with E-state index in [9.17, 15) is 8.42 Å².